The molecule has 3 nitrogen and oxygen atoms in total. The molecule has 0 saturated heterocycles. The molecule has 0 spiro atoms. The van der Waals surface area contributed by atoms with E-state index in [9.17, 15) is 4.79 Å². The van der Waals surface area contributed by atoms with Crippen LogP contribution in [0.4, 0.5) is 4.79 Å². The lowest BCUT2D eigenvalue weighted by molar-refractivity contribution is 0.202. The van der Waals surface area contributed by atoms with Gasteiger partial charge in [0, 0.05) is 12.8 Å². The number of hydrogen-bond acceptors (Lipinski definition) is 3. The Morgan fingerprint density at radius 3 is 2.94 bits per heavy atom. The molecular weight excluding hydrogens is 222 g/mol. The Morgan fingerprint density at radius 2 is 2.25 bits per heavy atom. The molecular formula is C12H15NO2S. The maximum atomic E-state index is 11.1. The number of allylic oxidation sites excluding steroid dienone is 1. The molecule has 0 saturated carbocycles. The third-order valence-corrected chi connectivity index (χ3v) is 2.83. The maximum Gasteiger partial charge on any atom is 0.412 e. The molecule has 4 heteroatoms. The third kappa shape index (κ3) is 3.98. The molecule has 0 atom stereocenters. The lowest BCUT2D eigenvalue weighted by Crippen LogP contribution is -2.22. The van der Waals surface area contributed by atoms with Crippen molar-refractivity contribution in [3.63, 3.8) is 0 Å². The summed E-state index contributed by atoms with van der Waals surface area (Å²) in [6.45, 7) is 1.98. The van der Waals surface area contributed by atoms with Gasteiger partial charge in [-0.2, -0.15) is 0 Å². The fraction of sp³-hybridized carbons (Fsp3) is 0.250. The second kappa shape index (κ2) is 6.95. The molecule has 1 amide bonds. The molecule has 0 heterocycles. The molecule has 1 N–H and O–H groups in total. The van der Waals surface area contributed by atoms with Crippen molar-refractivity contribution in [3.8, 4) is 5.75 Å². The molecule has 0 aromatic heterocycles. The number of para-hydroxylation sites is 1. The highest BCUT2D eigenvalue weighted by Crippen LogP contribution is 2.28. The molecule has 0 aliphatic rings. The number of rotatable bonds is 4. The van der Waals surface area contributed by atoms with E-state index in [1.54, 1.807) is 17.8 Å². The van der Waals surface area contributed by atoms with Gasteiger partial charge in [-0.25, -0.2) is 4.79 Å². The van der Waals surface area contributed by atoms with Gasteiger partial charge in [0.1, 0.15) is 5.75 Å². The summed E-state index contributed by atoms with van der Waals surface area (Å²) in [5, 5.41) is 2.42. The van der Waals surface area contributed by atoms with Crippen LogP contribution in [-0.2, 0) is 0 Å². The highest BCUT2D eigenvalue weighted by atomic mass is 32.2. The van der Waals surface area contributed by atoms with E-state index in [0.717, 1.165) is 10.6 Å². The normalized spacial score (nSPS) is 10.4. The molecule has 86 valence electrons. The first-order valence-corrected chi connectivity index (χ1v) is 5.99. The van der Waals surface area contributed by atoms with Crippen molar-refractivity contribution < 1.29 is 9.53 Å². The highest BCUT2D eigenvalue weighted by molar-refractivity contribution is 7.99. The van der Waals surface area contributed by atoms with E-state index in [1.807, 2.05) is 31.2 Å². The lowest BCUT2D eigenvalue weighted by Gasteiger charge is -2.07. The van der Waals surface area contributed by atoms with Crippen molar-refractivity contribution in [3.05, 3.63) is 36.4 Å². The molecule has 1 aromatic rings. The average Bonchev–Trinajstić information content (AvgIpc) is 2.31. The molecule has 1 rings (SSSR count). The minimum absolute atomic E-state index is 0.445. The van der Waals surface area contributed by atoms with Crippen LogP contribution < -0.4 is 10.1 Å². The number of hydrogen-bond donors (Lipinski definition) is 1. The number of benzene rings is 1. The van der Waals surface area contributed by atoms with Crippen LogP contribution in [0.3, 0.4) is 0 Å². The zero-order valence-electron chi connectivity index (χ0n) is 9.40. The minimum atomic E-state index is -0.445. The quantitative estimate of drug-likeness (QED) is 0.646. The summed E-state index contributed by atoms with van der Waals surface area (Å²) in [6, 6.07) is 7.49. The smallest absolute Gasteiger partial charge is 0.409 e. The Balaban J connectivity index is 2.71. The standard InChI is InChI=1S/C12H15NO2S/c1-3-4-9-16-11-8-6-5-7-10(11)15-12(14)13-2/h3-8H,9H2,1-2H3,(H,13,14)/b4-3+. The number of thioether (sulfide) groups is 1. The second-order valence-corrected chi connectivity index (χ2v) is 4.03. The van der Waals surface area contributed by atoms with E-state index in [2.05, 4.69) is 11.4 Å². The monoisotopic (exact) mass is 237 g/mol. The Morgan fingerprint density at radius 1 is 1.50 bits per heavy atom. The van der Waals surface area contributed by atoms with Crippen LogP contribution in [0.25, 0.3) is 0 Å². The fourth-order valence-electron chi connectivity index (χ4n) is 1.04. The SMILES string of the molecule is C/C=C/CSc1ccccc1OC(=O)NC. The van der Waals surface area contributed by atoms with Gasteiger partial charge in [0.15, 0.2) is 0 Å². The summed E-state index contributed by atoms with van der Waals surface area (Å²) in [5.41, 5.74) is 0. The number of carbonyl (C=O) groups excluding carboxylic acids is 1. The Bertz CT molecular complexity index is 377. The topological polar surface area (TPSA) is 38.3 Å². The van der Waals surface area contributed by atoms with Gasteiger partial charge in [-0.15, -0.1) is 11.8 Å². The molecule has 16 heavy (non-hydrogen) atoms. The first-order chi connectivity index (χ1) is 7.77. The van der Waals surface area contributed by atoms with Gasteiger partial charge >= 0.3 is 6.09 Å². The van der Waals surface area contributed by atoms with Gasteiger partial charge in [0.2, 0.25) is 0 Å². The Kier molecular flexibility index (Phi) is 5.50. The largest absolute Gasteiger partial charge is 0.412 e. The first-order valence-electron chi connectivity index (χ1n) is 5.00. The highest BCUT2D eigenvalue weighted by Gasteiger charge is 2.06. The van der Waals surface area contributed by atoms with E-state index < -0.39 is 6.09 Å². The number of amides is 1. The third-order valence-electron chi connectivity index (χ3n) is 1.83. The fourth-order valence-corrected chi connectivity index (χ4v) is 1.93. The molecule has 0 radical (unpaired) electrons. The van der Waals surface area contributed by atoms with Crippen LogP contribution in [0, 0.1) is 0 Å². The summed E-state index contributed by atoms with van der Waals surface area (Å²) in [6.07, 6.45) is 3.61. The van der Waals surface area contributed by atoms with E-state index in [0.29, 0.717) is 5.75 Å². The van der Waals surface area contributed by atoms with Crippen molar-refractivity contribution in [2.24, 2.45) is 0 Å². The molecule has 0 fully saturated rings. The molecule has 0 unspecified atom stereocenters. The van der Waals surface area contributed by atoms with E-state index in [-0.39, 0.29) is 0 Å². The minimum Gasteiger partial charge on any atom is -0.409 e. The average molecular weight is 237 g/mol. The van der Waals surface area contributed by atoms with Crippen LogP contribution in [-0.4, -0.2) is 18.9 Å². The van der Waals surface area contributed by atoms with Crippen molar-refractivity contribution in [1.29, 1.82) is 0 Å². The van der Waals surface area contributed by atoms with Crippen LogP contribution in [0.2, 0.25) is 0 Å². The van der Waals surface area contributed by atoms with Crippen LogP contribution >= 0.6 is 11.8 Å². The van der Waals surface area contributed by atoms with Crippen molar-refractivity contribution in [1.82, 2.24) is 5.32 Å². The second-order valence-electron chi connectivity index (χ2n) is 2.97. The predicted octanol–water partition coefficient (Wildman–Crippen LogP) is 3.07. The maximum absolute atomic E-state index is 11.1. The first kappa shape index (κ1) is 12.6. The van der Waals surface area contributed by atoms with E-state index in [1.165, 1.54) is 7.05 Å². The summed E-state index contributed by atoms with van der Waals surface area (Å²) in [5.74, 6) is 1.46. The van der Waals surface area contributed by atoms with Gasteiger partial charge in [-0.1, -0.05) is 24.3 Å². The van der Waals surface area contributed by atoms with E-state index >= 15 is 0 Å². The predicted molar refractivity (Wildman–Crippen MR) is 67.1 cm³/mol. The lowest BCUT2D eigenvalue weighted by atomic mass is 10.3. The summed E-state index contributed by atoms with van der Waals surface area (Å²) in [4.78, 5) is 12.1. The van der Waals surface area contributed by atoms with Crippen molar-refractivity contribution >= 4 is 17.9 Å². The van der Waals surface area contributed by atoms with Crippen LogP contribution in [0.5, 0.6) is 5.75 Å². The van der Waals surface area contributed by atoms with Gasteiger partial charge in [0.25, 0.3) is 0 Å². The number of nitrogens with one attached hydrogen (secondary N) is 1. The van der Waals surface area contributed by atoms with Crippen molar-refractivity contribution in [2.45, 2.75) is 11.8 Å². The molecule has 0 bridgehead atoms. The van der Waals surface area contributed by atoms with Gasteiger partial charge in [0.05, 0.1) is 4.90 Å². The Hall–Kier alpha value is -1.42. The molecule has 0 aliphatic heterocycles. The number of carbonyl (C=O) groups is 1. The van der Waals surface area contributed by atoms with Gasteiger partial charge in [-0.05, 0) is 19.1 Å². The zero-order chi connectivity index (χ0) is 11.8. The van der Waals surface area contributed by atoms with Crippen molar-refractivity contribution in [2.75, 3.05) is 12.8 Å². The molecule has 1 aromatic carbocycles. The van der Waals surface area contributed by atoms with Gasteiger partial charge < -0.3 is 10.1 Å². The summed E-state index contributed by atoms with van der Waals surface area (Å²) >= 11 is 1.63. The summed E-state index contributed by atoms with van der Waals surface area (Å²) in [7, 11) is 1.54. The van der Waals surface area contributed by atoms with Gasteiger partial charge in [-0.3, -0.25) is 0 Å². The van der Waals surface area contributed by atoms with Crippen LogP contribution in [0.1, 0.15) is 6.92 Å². The van der Waals surface area contributed by atoms with E-state index in [4.69, 9.17) is 4.74 Å². The zero-order valence-corrected chi connectivity index (χ0v) is 10.2. The van der Waals surface area contributed by atoms with Crippen LogP contribution in [0.15, 0.2) is 41.3 Å². The number of ether oxygens (including phenoxy) is 1. The Labute approximate surface area is 99.9 Å². The summed E-state index contributed by atoms with van der Waals surface area (Å²) < 4.78 is 5.13. The molecule has 0 aliphatic carbocycles.